The monoisotopic (exact) mass is 318 g/mol. The van der Waals surface area contributed by atoms with Crippen LogP contribution in [0.5, 0.6) is 5.75 Å². The van der Waals surface area contributed by atoms with Gasteiger partial charge in [0.25, 0.3) is 0 Å². The van der Waals surface area contributed by atoms with Crippen LogP contribution < -0.4 is 10.1 Å². The van der Waals surface area contributed by atoms with Crippen molar-refractivity contribution in [2.75, 3.05) is 31.5 Å². The van der Waals surface area contributed by atoms with Crippen LogP contribution in [-0.2, 0) is 6.42 Å². The fraction of sp³-hybridized carbons (Fsp3) is 0.700. The summed E-state index contributed by atoms with van der Waals surface area (Å²) in [5.41, 5.74) is 2.55. The summed E-state index contributed by atoms with van der Waals surface area (Å²) in [5, 5.41) is 3.52. The minimum Gasteiger partial charge on any atom is -0.486 e. The molecule has 23 heavy (non-hydrogen) atoms. The van der Waals surface area contributed by atoms with Crippen molar-refractivity contribution < 1.29 is 4.74 Å². The highest BCUT2D eigenvalue weighted by atomic mass is 16.5. The molecule has 0 radical (unpaired) electrons. The molecule has 0 aliphatic carbocycles. The van der Waals surface area contributed by atoms with Crippen molar-refractivity contribution in [3.05, 3.63) is 23.8 Å². The van der Waals surface area contributed by atoms with E-state index in [1.165, 1.54) is 18.7 Å². The normalized spacial score (nSPS) is 17.3. The highest BCUT2D eigenvalue weighted by molar-refractivity contribution is 5.59. The minimum atomic E-state index is 0.306. The topological polar surface area (TPSA) is 24.5 Å². The Morgan fingerprint density at radius 3 is 2.48 bits per heavy atom. The molecule has 1 heterocycles. The number of nitrogens with one attached hydrogen (secondary N) is 1. The molecule has 0 spiro atoms. The predicted octanol–water partition coefficient (Wildman–Crippen LogP) is 4.43. The lowest BCUT2D eigenvalue weighted by Gasteiger charge is -2.28. The first-order valence-electron chi connectivity index (χ1n) is 9.23. The molecule has 0 saturated heterocycles. The second-order valence-corrected chi connectivity index (χ2v) is 7.66. The molecular weight excluding hydrogens is 284 g/mol. The predicted molar refractivity (Wildman–Crippen MR) is 99.5 cm³/mol. The van der Waals surface area contributed by atoms with Gasteiger partial charge in [0, 0.05) is 19.6 Å². The number of hydrogen-bond acceptors (Lipinski definition) is 3. The largest absolute Gasteiger partial charge is 0.486 e. The Bertz CT molecular complexity index is 475. The quantitative estimate of drug-likeness (QED) is 0.767. The van der Waals surface area contributed by atoms with Crippen LogP contribution in [0.15, 0.2) is 18.2 Å². The van der Waals surface area contributed by atoms with E-state index < -0.39 is 0 Å². The van der Waals surface area contributed by atoms with Crippen molar-refractivity contribution in [1.29, 1.82) is 0 Å². The van der Waals surface area contributed by atoms with Gasteiger partial charge < -0.3 is 15.0 Å². The third-order valence-electron chi connectivity index (χ3n) is 4.28. The number of anilines is 1. The van der Waals surface area contributed by atoms with Crippen molar-refractivity contribution in [2.24, 2.45) is 11.8 Å². The molecule has 1 aliphatic heterocycles. The third-order valence-corrected chi connectivity index (χ3v) is 4.28. The number of rotatable bonds is 8. The highest BCUT2D eigenvalue weighted by Crippen LogP contribution is 2.30. The molecule has 0 saturated carbocycles. The van der Waals surface area contributed by atoms with E-state index in [0.717, 1.165) is 49.2 Å². The van der Waals surface area contributed by atoms with E-state index in [9.17, 15) is 0 Å². The summed E-state index contributed by atoms with van der Waals surface area (Å²) < 4.78 is 5.99. The summed E-state index contributed by atoms with van der Waals surface area (Å²) in [6.07, 6.45) is 2.46. The molecule has 1 unspecified atom stereocenters. The van der Waals surface area contributed by atoms with Crippen LogP contribution in [0, 0.1) is 11.8 Å². The number of nitrogens with zero attached hydrogens (tertiary/aromatic N) is 1. The van der Waals surface area contributed by atoms with E-state index >= 15 is 0 Å². The number of ether oxygens (including phenoxy) is 1. The number of fused-ring (bicyclic) bond motifs is 1. The Morgan fingerprint density at radius 2 is 1.87 bits per heavy atom. The fourth-order valence-corrected chi connectivity index (χ4v) is 3.22. The number of hydrogen-bond donors (Lipinski definition) is 1. The minimum absolute atomic E-state index is 0.306. The first kappa shape index (κ1) is 18.1. The fourth-order valence-electron chi connectivity index (χ4n) is 3.22. The second kappa shape index (κ2) is 8.58. The van der Waals surface area contributed by atoms with Crippen molar-refractivity contribution in [1.82, 2.24) is 4.90 Å². The molecule has 130 valence electrons. The summed E-state index contributed by atoms with van der Waals surface area (Å²) in [5.74, 6) is 2.45. The Balaban J connectivity index is 1.94. The standard InChI is InChI=1S/C20H34N2O/c1-6-18-12-21-19-11-17(7-8-20(19)23-18)9-10-22(13-15(2)3)14-16(4)5/h7-8,11,15-16,18,21H,6,9-10,12-14H2,1-5H3. The molecule has 2 rings (SSSR count). The van der Waals surface area contributed by atoms with Gasteiger partial charge >= 0.3 is 0 Å². The van der Waals surface area contributed by atoms with Gasteiger partial charge in [-0.05, 0) is 42.4 Å². The molecule has 0 aromatic heterocycles. The lowest BCUT2D eigenvalue weighted by molar-refractivity contribution is 0.201. The zero-order chi connectivity index (χ0) is 16.8. The maximum absolute atomic E-state index is 5.99. The van der Waals surface area contributed by atoms with Crippen LogP contribution in [0.4, 0.5) is 5.69 Å². The van der Waals surface area contributed by atoms with Crippen molar-refractivity contribution in [2.45, 2.75) is 53.6 Å². The van der Waals surface area contributed by atoms with E-state index in [1.807, 2.05) is 0 Å². The smallest absolute Gasteiger partial charge is 0.142 e. The van der Waals surface area contributed by atoms with Crippen molar-refractivity contribution in [3.8, 4) is 5.75 Å². The Hall–Kier alpha value is -1.22. The Labute approximate surface area is 142 Å². The van der Waals surface area contributed by atoms with Gasteiger partial charge in [-0.2, -0.15) is 0 Å². The summed E-state index contributed by atoms with van der Waals surface area (Å²) >= 11 is 0. The average Bonchev–Trinajstić information content (AvgIpc) is 2.50. The maximum Gasteiger partial charge on any atom is 0.142 e. The van der Waals surface area contributed by atoms with Gasteiger partial charge in [0.05, 0.1) is 12.2 Å². The highest BCUT2D eigenvalue weighted by Gasteiger charge is 2.18. The summed E-state index contributed by atoms with van der Waals surface area (Å²) in [4.78, 5) is 2.60. The summed E-state index contributed by atoms with van der Waals surface area (Å²) in [7, 11) is 0. The lowest BCUT2D eigenvalue weighted by Crippen LogP contribution is -2.33. The first-order valence-corrected chi connectivity index (χ1v) is 9.23. The van der Waals surface area contributed by atoms with Crippen molar-refractivity contribution in [3.63, 3.8) is 0 Å². The van der Waals surface area contributed by atoms with Crippen LogP contribution in [0.1, 0.15) is 46.6 Å². The van der Waals surface area contributed by atoms with E-state index in [4.69, 9.17) is 4.74 Å². The summed E-state index contributed by atoms with van der Waals surface area (Å²) in [6, 6.07) is 6.63. The van der Waals surface area contributed by atoms with Crippen molar-refractivity contribution >= 4 is 5.69 Å². The molecule has 1 aromatic carbocycles. The van der Waals surface area contributed by atoms with E-state index in [0.29, 0.717) is 6.10 Å². The Kier molecular flexibility index (Phi) is 6.76. The lowest BCUT2D eigenvalue weighted by atomic mass is 10.1. The third kappa shape index (κ3) is 5.72. The maximum atomic E-state index is 5.99. The van der Waals surface area contributed by atoms with E-state index in [1.54, 1.807) is 0 Å². The van der Waals surface area contributed by atoms with Gasteiger partial charge in [-0.3, -0.25) is 0 Å². The van der Waals surface area contributed by atoms with Crippen LogP contribution in [-0.4, -0.2) is 37.2 Å². The SMILES string of the molecule is CCC1CNc2cc(CCN(CC(C)C)CC(C)C)ccc2O1. The van der Waals surface area contributed by atoms with Gasteiger partial charge in [0.1, 0.15) is 11.9 Å². The van der Waals surface area contributed by atoms with Gasteiger partial charge in [-0.1, -0.05) is 40.7 Å². The van der Waals surface area contributed by atoms with E-state index in [2.05, 4.69) is 63.0 Å². The molecule has 1 aliphatic rings. The van der Waals surface area contributed by atoms with E-state index in [-0.39, 0.29) is 0 Å². The molecule has 1 aromatic rings. The molecule has 1 N–H and O–H groups in total. The first-order chi connectivity index (χ1) is 11.0. The Morgan fingerprint density at radius 1 is 1.17 bits per heavy atom. The molecule has 1 atom stereocenters. The number of benzene rings is 1. The molecule has 0 amide bonds. The van der Waals surface area contributed by atoms with Gasteiger partial charge in [-0.15, -0.1) is 0 Å². The zero-order valence-corrected chi connectivity index (χ0v) is 15.6. The van der Waals surface area contributed by atoms with Gasteiger partial charge in [0.2, 0.25) is 0 Å². The average molecular weight is 319 g/mol. The van der Waals surface area contributed by atoms with Crippen LogP contribution >= 0.6 is 0 Å². The van der Waals surface area contributed by atoms with Gasteiger partial charge in [-0.25, -0.2) is 0 Å². The van der Waals surface area contributed by atoms with Crippen LogP contribution in [0.2, 0.25) is 0 Å². The second-order valence-electron chi connectivity index (χ2n) is 7.66. The van der Waals surface area contributed by atoms with Gasteiger partial charge in [0.15, 0.2) is 0 Å². The molecule has 3 nitrogen and oxygen atoms in total. The molecule has 0 bridgehead atoms. The molecule has 0 fully saturated rings. The van der Waals surface area contributed by atoms with Crippen LogP contribution in [0.25, 0.3) is 0 Å². The zero-order valence-electron chi connectivity index (χ0n) is 15.6. The van der Waals surface area contributed by atoms with Crippen LogP contribution in [0.3, 0.4) is 0 Å². The molecular formula is C20H34N2O. The summed E-state index contributed by atoms with van der Waals surface area (Å²) in [6.45, 7) is 15.8. The molecule has 3 heteroatoms.